The van der Waals surface area contributed by atoms with Crippen molar-refractivity contribution >= 4 is 39.3 Å². The lowest BCUT2D eigenvalue weighted by atomic mass is 10.3. The van der Waals surface area contributed by atoms with E-state index in [0.717, 1.165) is 15.3 Å². The van der Waals surface area contributed by atoms with E-state index in [9.17, 15) is 4.79 Å². The second-order valence-corrected chi connectivity index (χ2v) is 6.88. The molecule has 21 heavy (non-hydrogen) atoms. The quantitative estimate of drug-likeness (QED) is 0.794. The molecular formula is C14H15BrN4OS. The molecule has 2 aromatic rings. The van der Waals surface area contributed by atoms with Crippen molar-refractivity contribution in [1.82, 2.24) is 14.8 Å². The summed E-state index contributed by atoms with van der Waals surface area (Å²) < 4.78 is 3.10. The molecule has 1 aliphatic rings. The van der Waals surface area contributed by atoms with Crippen LogP contribution in [0.5, 0.6) is 0 Å². The Balaban J connectivity index is 1.45. The smallest absolute Gasteiger partial charge is 0.225 e. The predicted octanol–water partition coefficient (Wildman–Crippen LogP) is 3.50. The molecule has 0 atom stereocenters. The van der Waals surface area contributed by atoms with Gasteiger partial charge < -0.3 is 9.88 Å². The highest BCUT2D eigenvalue weighted by Gasteiger charge is 2.26. The van der Waals surface area contributed by atoms with Crippen molar-refractivity contribution in [2.24, 2.45) is 0 Å². The second kappa shape index (κ2) is 6.62. The van der Waals surface area contributed by atoms with Crippen LogP contribution >= 0.6 is 27.7 Å². The van der Waals surface area contributed by atoms with Gasteiger partial charge in [0.15, 0.2) is 5.16 Å². The van der Waals surface area contributed by atoms with Gasteiger partial charge in [-0.05, 0) is 37.1 Å². The molecule has 1 N–H and O–H groups in total. The van der Waals surface area contributed by atoms with Crippen LogP contribution in [-0.4, -0.2) is 26.4 Å². The molecule has 0 unspecified atom stereocenters. The molecule has 3 rings (SSSR count). The molecule has 0 aliphatic heterocycles. The number of hydrogen-bond acceptors (Lipinski definition) is 4. The van der Waals surface area contributed by atoms with E-state index in [1.807, 2.05) is 24.3 Å². The van der Waals surface area contributed by atoms with Crippen molar-refractivity contribution < 1.29 is 4.79 Å². The Morgan fingerprint density at radius 2 is 2.14 bits per heavy atom. The van der Waals surface area contributed by atoms with Gasteiger partial charge >= 0.3 is 0 Å². The van der Waals surface area contributed by atoms with E-state index >= 15 is 0 Å². The molecule has 0 radical (unpaired) electrons. The normalized spacial score (nSPS) is 14.1. The summed E-state index contributed by atoms with van der Waals surface area (Å²) in [6.45, 7) is 0. The van der Waals surface area contributed by atoms with E-state index in [1.54, 1.807) is 18.1 Å². The third-order valence-electron chi connectivity index (χ3n) is 3.17. The molecule has 0 spiro atoms. The fraction of sp³-hybridized carbons (Fsp3) is 0.357. The lowest BCUT2D eigenvalue weighted by Crippen LogP contribution is -2.12. The Hall–Kier alpha value is -1.34. The molecule has 0 saturated heterocycles. The van der Waals surface area contributed by atoms with Gasteiger partial charge in [-0.25, -0.2) is 0 Å². The van der Waals surface area contributed by atoms with Gasteiger partial charge in [0, 0.05) is 28.4 Å². The van der Waals surface area contributed by atoms with Crippen LogP contribution in [0.3, 0.4) is 0 Å². The molecule has 1 aromatic carbocycles. The van der Waals surface area contributed by atoms with Crippen molar-refractivity contribution in [3.8, 4) is 0 Å². The zero-order valence-corrected chi connectivity index (χ0v) is 13.7. The average Bonchev–Trinajstić information content (AvgIpc) is 3.21. The number of hydrogen-bond donors (Lipinski definition) is 1. The zero-order chi connectivity index (χ0) is 14.7. The van der Waals surface area contributed by atoms with Gasteiger partial charge in [-0.15, -0.1) is 10.2 Å². The average molecular weight is 367 g/mol. The van der Waals surface area contributed by atoms with E-state index in [0.29, 0.717) is 18.2 Å². The van der Waals surface area contributed by atoms with Gasteiger partial charge in [-0.1, -0.05) is 27.7 Å². The number of nitrogens with one attached hydrogen (secondary N) is 1. The Morgan fingerprint density at radius 3 is 2.86 bits per heavy atom. The molecule has 1 fully saturated rings. The third kappa shape index (κ3) is 4.07. The van der Waals surface area contributed by atoms with Gasteiger partial charge in [-0.2, -0.15) is 0 Å². The van der Waals surface area contributed by atoms with Crippen LogP contribution < -0.4 is 5.32 Å². The molecule has 7 heteroatoms. The molecule has 1 aromatic heterocycles. The number of amides is 1. The topological polar surface area (TPSA) is 59.8 Å². The number of halogens is 1. The summed E-state index contributed by atoms with van der Waals surface area (Å²) in [5, 5.41) is 11.8. The minimum atomic E-state index is 0.0160. The maximum atomic E-state index is 11.9. The van der Waals surface area contributed by atoms with Crippen molar-refractivity contribution in [2.75, 3.05) is 11.1 Å². The molecule has 0 bridgehead atoms. The first-order valence-electron chi connectivity index (χ1n) is 6.80. The fourth-order valence-electron chi connectivity index (χ4n) is 1.93. The summed E-state index contributed by atoms with van der Waals surface area (Å²) in [4.78, 5) is 11.9. The first-order chi connectivity index (χ1) is 10.2. The van der Waals surface area contributed by atoms with Crippen LogP contribution in [0, 0.1) is 0 Å². The van der Waals surface area contributed by atoms with Crippen molar-refractivity contribution in [3.63, 3.8) is 0 Å². The summed E-state index contributed by atoms with van der Waals surface area (Å²) in [6.07, 6.45) is 4.64. The SMILES string of the molecule is O=C(CCSc1nncn1C1CC1)Nc1ccc(Br)cc1. The van der Waals surface area contributed by atoms with Crippen LogP contribution in [0.4, 0.5) is 5.69 Å². The van der Waals surface area contributed by atoms with Crippen LogP contribution in [0.1, 0.15) is 25.3 Å². The highest BCUT2D eigenvalue weighted by Crippen LogP contribution is 2.37. The van der Waals surface area contributed by atoms with Crippen molar-refractivity contribution in [3.05, 3.63) is 35.1 Å². The summed E-state index contributed by atoms with van der Waals surface area (Å²) in [7, 11) is 0. The second-order valence-electron chi connectivity index (χ2n) is 4.91. The van der Waals surface area contributed by atoms with Gasteiger partial charge in [0.2, 0.25) is 5.91 Å². The molecule has 1 saturated carbocycles. The number of rotatable bonds is 6. The number of benzene rings is 1. The largest absolute Gasteiger partial charge is 0.326 e. The Labute approximate surface area is 135 Å². The lowest BCUT2D eigenvalue weighted by molar-refractivity contribution is -0.115. The van der Waals surface area contributed by atoms with E-state index in [-0.39, 0.29) is 5.91 Å². The number of anilines is 1. The van der Waals surface area contributed by atoms with E-state index in [1.165, 1.54) is 12.8 Å². The van der Waals surface area contributed by atoms with Crippen LogP contribution in [0.25, 0.3) is 0 Å². The first-order valence-corrected chi connectivity index (χ1v) is 8.58. The molecule has 1 aliphatic carbocycles. The monoisotopic (exact) mass is 366 g/mol. The molecular weight excluding hydrogens is 352 g/mol. The first kappa shape index (κ1) is 14.6. The van der Waals surface area contributed by atoms with Gasteiger partial charge in [-0.3, -0.25) is 4.79 Å². The van der Waals surface area contributed by atoms with E-state index in [2.05, 4.69) is 36.0 Å². The summed E-state index contributed by atoms with van der Waals surface area (Å²) in [5.41, 5.74) is 0.814. The van der Waals surface area contributed by atoms with Crippen molar-refractivity contribution in [2.45, 2.75) is 30.5 Å². The third-order valence-corrected chi connectivity index (χ3v) is 4.66. The summed E-state index contributed by atoms with van der Waals surface area (Å²) in [6, 6.07) is 8.13. The van der Waals surface area contributed by atoms with Gasteiger partial charge in [0.1, 0.15) is 6.33 Å². The van der Waals surface area contributed by atoms with E-state index in [4.69, 9.17) is 0 Å². The minimum absolute atomic E-state index is 0.0160. The van der Waals surface area contributed by atoms with Crippen molar-refractivity contribution in [1.29, 1.82) is 0 Å². The van der Waals surface area contributed by atoms with Gasteiger partial charge in [0.05, 0.1) is 0 Å². The maximum Gasteiger partial charge on any atom is 0.225 e. The van der Waals surface area contributed by atoms with Crippen LogP contribution in [0.15, 0.2) is 40.2 Å². The van der Waals surface area contributed by atoms with Crippen LogP contribution in [0.2, 0.25) is 0 Å². The molecule has 110 valence electrons. The fourth-order valence-corrected chi connectivity index (χ4v) is 3.11. The Kier molecular flexibility index (Phi) is 4.60. The standard InChI is InChI=1S/C14H15BrN4OS/c15-10-1-3-11(4-2-10)17-13(20)7-8-21-14-18-16-9-19(14)12-5-6-12/h1-4,9,12H,5-8H2,(H,17,20). The maximum absolute atomic E-state index is 11.9. The van der Waals surface area contributed by atoms with E-state index < -0.39 is 0 Å². The van der Waals surface area contributed by atoms with Crippen LogP contribution in [-0.2, 0) is 4.79 Å². The number of thioether (sulfide) groups is 1. The molecule has 5 nitrogen and oxygen atoms in total. The lowest BCUT2D eigenvalue weighted by Gasteiger charge is -2.06. The number of carbonyl (C=O) groups excluding carboxylic acids is 1. The number of nitrogens with zero attached hydrogens (tertiary/aromatic N) is 3. The zero-order valence-electron chi connectivity index (χ0n) is 11.3. The number of aromatic nitrogens is 3. The highest BCUT2D eigenvalue weighted by molar-refractivity contribution is 9.10. The molecule has 1 heterocycles. The number of carbonyl (C=O) groups is 1. The minimum Gasteiger partial charge on any atom is -0.326 e. The van der Waals surface area contributed by atoms with Gasteiger partial charge in [0.25, 0.3) is 0 Å². The Morgan fingerprint density at radius 1 is 1.38 bits per heavy atom. The summed E-state index contributed by atoms with van der Waals surface area (Å²) in [5.74, 6) is 0.718. The Bertz CT molecular complexity index is 624. The summed E-state index contributed by atoms with van der Waals surface area (Å²) >= 11 is 4.95. The molecule has 1 amide bonds. The highest BCUT2D eigenvalue weighted by atomic mass is 79.9. The predicted molar refractivity (Wildman–Crippen MR) is 86.4 cm³/mol.